The highest BCUT2D eigenvalue weighted by molar-refractivity contribution is 5.87. The molecule has 1 saturated heterocycles. The Balaban J connectivity index is 1.38. The van der Waals surface area contributed by atoms with Crippen LogP contribution < -0.4 is 4.90 Å². The van der Waals surface area contributed by atoms with E-state index < -0.39 is 0 Å². The van der Waals surface area contributed by atoms with Gasteiger partial charge >= 0.3 is 0 Å². The molecule has 8 heteroatoms. The maximum atomic E-state index is 13.0. The maximum absolute atomic E-state index is 13.0. The van der Waals surface area contributed by atoms with Crippen LogP contribution in [0.3, 0.4) is 0 Å². The van der Waals surface area contributed by atoms with E-state index in [0.717, 1.165) is 49.5 Å². The van der Waals surface area contributed by atoms with Gasteiger partial charge in [0, 0.05) is 45.3 Å². The first-order valence-electron chi connectivity index (χ1n) is 10.9. The van der Waals surface area contributed by atoms with Crippen LogP contribution in [0.2, 0.25) is 0 Å². The van der Waals surface area contributed by atoms with Crippen molar-refractivity contribution in [3.05, 3.63) is 12.5 Å². The molecule has 0 radical (unpaired) electrons. The van der Waals surface area contributed by atoms with Crippen molar-refractivity contribution in [3.63, 3.8) is 0 Å². The Labute approximate surface area is 172 Å². The van der Waals surface area contributed by atoms with Crippen molar-refractivity contribution in [1.82, 2.24) is 29.5 Å². The fourth-order valence-corrected chi connectivity index (χ4v) is 4.31. The quantitative estimate of drug-likeness (QED) is 0.708. The molecule has 1 saturated carbocycles. The monoisotopic (exact) mass is 399 g/mol. The summed E-state index contributed by atoms with van der Waals surface area (Å²) >= 11 is 0. The van der Waals surface area contributed by atoms with Gasteiger partial charge in [0.1, 0.15) is 12.1 Å². The van der Waals surface area contributed by atoms with Crippen molar-refractivity contribution in [1.29, 1.82) is 0 Å². The number of rotatable bonds is 7. The predicted octanol–water partition coefficient (Wildman–Crippen LogP) is 1.91. The molecule has 0 spiro atoms. The van der Waals surface area contributed by atoms with Gasteiger partial charge in [0.2, 0.25) is 5.91 Å². The zero-order chi connectivity index (χ0) is 20.5. The van der Waals surface area contributed by atoms with Gasteiger partial charge in [0.25, 0.3) is 0 Å². The molecule has 0 N–H and O–H groups in total. The molecule has 2 unspecified atom stereocenters. The first-order chi connectivity index (χ1) is 14.0. The highest BCUT2D eigenvalue weighted by Crippen LogP contribution is 2.31. The molecule has 4 rings (SSSR count). The standard InChI is InChI=1S/C21H33N7O/c1-5-15(2)16(3)28(17-6-7-17)13-19(29)26-8-10-27(11-9-26)21-18-12-24-25(4)20(18)22-14-23-21/h12,14-17H,5-11,13H2,1-4H3. The van der Waals surface area contributed by atoms with Crippen LogP contribution in [-0.2, 0) is 11.8 Å². The van der Waals surface area contributed by atoms with E-state index in [-0.39, 0.29) is 5.91 Å². The van der Waals surface area contributed by atoms with Gasteiger partial charge < -0.3 is 9.80 Å². The Hall–Kier alpha value is -2.22. The van der Waals surface area contributed by atoms with Crippen LogP contribution in [0.25, 0.3) is 11.0 Å². The highest BCUT2D eigenvalue weighted by atomic mass is 16.2. The normalized spacial score (nSPS) is 19.8. The van der Waals surface area contributed by atoms with Crippen molar-refractivity contribution in [2.24, 2.45) is 13.0 Å². The lowest BCUT2D eigenvalue weighted by molar-refractivity contribution is -0.133. The zero-order valence-corrected chi connectivity index (χ0v) is 18.1. The van der Waals surface area contributed by atoms with E-state index in [9.17, 15) is 4.79 Å². The summed E-state index contributed by atoms with van der Waals surface area (Å²) < 4.78 is 1.77. The number of hydrogen-bond acceptors (Lipinski definition) is 6. The Morgan fingerprint density at radius 1 is 1.21 bits per heavy atom. The molecule has 29 heavy (non-hydrogen) atoms. The maximum Gasteiger partial charge on any atom is 0.236 e. The number of aryl methyl sites for hydroxylation is 1. The number of hydrogen-bond donors (Lipinski definition) is 0. The second-order valence-corrected chi connectivity index (χ2v) is 8.60. The van der Waals surface area contributed by atoms with Gasteiger partial charge in [-0.1, -0.05) is 20.3 Å². The SMILES string of the molecule is CCC(C)C(C)N(CC(=O)N1CCN(c2ncnc3c2cnn3C)CC1)C1CC1. The molecule has 3 heterocycles. The van der Waals surface area contributed by atoms with E-state index in [1.165, 1.54) is 12.8 Å². The van der Waals surface area contributed by atoms with Crippen LogP contribution in [0.4, 0.5) is 5.82 Å². The molecular formula is C21H33N7O. The minimum Gasteiger partial charge on any atom is -0.352 e. The van der Waals surface area contributed by atoms with Crippen LogP contribution in [0.5, 0.6) is 0 Å². The van der Waals surface area contributed by atoms with Crippen LogP contribution in [0.1, 0.15) is 40.0 Å². The van der Waals surface area contributed by atoms with Gasteiger partial charge in [0.05, 0.1) is 18.1 Å². The summed E-state index contributed by atoms with van der Waals surface area (Å²) in [7, 11) is 1.89. The molecule has 0 bridgehead atoms. The fourth-order valence-electron chi connectivity index (χ4n) is 4.31. The number of carbonyl (C=O) groups is 1. The van der Waals surface area contributed by atoms with E-state index >= 15 is 0 Å². The van der Waals surface area contributed by atoms with E-state index in [0.29, 0.717) is 24.5 Å². The van der Waals surface area contributed by atoms with Gasteiger partial charge in [-0.3, -0.25) is 14.4 Å². The third-order valence-electron chi connectivity index (χ3n) is 6.76. The molecule has 2 aromatic rings. The molecule has 8 nitrogen and oxygen atoms in total. The number of amides is 1. The predicted molar refractivity (Wildman–Crippen MR) is 114 cm³/mol. The largest absolute Gasteiger partial charge is 0.352 e. The third-order valence-corrected chi connectivity index (χ3v) is 6.76. The molecule has 1 aliphatic carbocycles. The average Bonchev–Trinajstić information content (AvgIpc) is 3.53. The molecular weight excluding hydrogens is 366 g/mol. The minimum absolute atomic E-state index is 0.265. The first-order valence-corrected chi connectivity index (χ1v) is 10.9. The molecule has 158 valence electrons. The first kappa shape index (κ1) is 20.1. The van der Waals surface area contributed by atoms with Gasteiger partial charge in [-0.25, -0.2) is 9.97 Å². The summed E-state index contributed by atoms with van der Waals surface area (Å²) in [6.45, 7) is 10.4. The summed E-state index contributed by atoms with van der Waals surface area (Å²) in [4.78, 5) is 28.6. The van der Waals surface area contributed by atoms with Gasteiger partial charge in [-0.05, 0) is 25.7 Å². The summed E-state index contributed by atoms with van der Waals surface area (Å²) in [6, 6.07) is 1.06. The number of nitrogens with zero attached hydrogens (tertiary/aromatic N) is 7. The van der Waals surface area contributed by atoms with Crippen LogP contribution >= 0.6 is 0 Å². The van der Waals surface area contributed by atoms with E-state index in [1.807, 2.05) is 18.1 Å². The summed E-state index contributed by atoms with van der Waals surface area (Å²) in [5.74, 6) is 1.79. The summed E-state index contributed by atoms with van der Waals surface area (Å²) in [6.07, 6.45) is 7.04. The third kappa shape index (κ3) is 4.08. The molecule has 2 aromatic heterocycles. The van der Waals surface area contributed by atoms with Crippen LogP contribution in [-0.4, -0.2) is 80.3 Å². The van der Waals surface area contributed by atoms with Crippen molar-refractivity contribution >= 4 is 22.8 Å². The molecule has 1 amide bonds. The molecule has 2 aliphatic rings. The van der Waals surface area contributed by atoms with E-state index in [2.05, 4.69) is 45.6 Å². The second kappa shape index (κ2) is 8.26. The summed E-state index contributed by atoms with van der Waals surface area (Å²) in [5.41, 5.74) is 0.840. The van der Waals surface area contributed by atoms with E-state index in [1.54, 1.807) is 11.0 Å². The van der Waals surface area contributed by atoms with Crippen molar-refractivity contribution in [2.45, 2.75) is 52.1 Å². The fraction of sp³-hybridized carbons (Fsp3) is 0.714. The topological polar surface area (TPSA) is 70.4 Å². The Morgan fingerprint density at radius 3 is 2.59 bits per heavy atom. The lowest BCUT2D eigenvalue weighted by Gasteiger charge is -2.38. The second-order valence-electron chi connectivity index (χ2n) is 8.60. The van der Waals surface area contributed by atoms with Gasteiger partial charge in [0.15, 0.2) is 5.65 Å². The Morgan fingerprint density at radius 2 is 1.93 bits per heavy atom. The molecule has 2 atom stereocenters. The van der Waals surface area contributed by atoms with Gasteiger partial charge in [-0.2, -0.15) is 5.10 Å². The van der Waals surface area contributed by atoms with Crippen LogP contribution in [0.15, 0.2) is 12.5 Å². The Kier molecular flexibility index (Phi) is 5.72. The summed E-state index contributed by atoms with van der Waals surface area (Å²) in [5, 5.41) is 5.27. The zero-order valence-electron chi connectivity index (χ0n) is 18.1. The molecule has 0 aromatic carbocycles. The van der Waals surface area contributed by atoms with Crippen LogP contribution in [0, 0.1) is 5.92 Å². The lowest BCUT2D eigenvalue weighted by Crippen LogP contribution is -2.53. The Bertz CT molecular complexity index is 854. The highest BCUT2D eigenvalue weighted by Gasteiger charge is 2.36. The number of piperazine rings is 1. The minimum atomic E-state index is 0.265. The number of aromatic nitrogens is 4. The number of fused-ring (bicyclic) bond motifs is 1. The van der Waals surface area contributed by atoms with Crippen molar-refractivity contribution in [2.75, 3.05) is 37.6 Å². The van der Waals surface area contributed by atoms with E-state index in [4.69, 9.17) is 0 Å². The van der Waals surface area contributed by atoms with Crippen molar-refractivity contribution in [3.8, 4) is 0 Å². The number of carbonyl (C=O) groups excluding carboxylic acids is 1. The van der Waals surface area contributed by atoms with Crippen molar-refractivity contribution < 1.29 is 4.79 Å². The van der Waals surface area contributed by atoms with Gasteiger partial charge in [-0.15, -0.1) is 0 Å². The molecule has 1 aliphatic heterocycles. The smallest absolute Gasteiger partial charge is 0.236 e. The average molecular weight is 400 g/mol. The lowest BCUT2D eigenvalue weighted by atomic mass is 9.99. The molecule has 2 fully saturated rings. The number of anilines is 1.